The van der Waals surface area contributed by atoms with Crippen LogP contribution in [-0.4, -0.2) is 18.3 Å². The quantitative estimate of drug-likeness (QED) is 0.557. The summed E-state index contributed by atoms with van der Waals surface area (Å²) in [5.41, 5.74) is -0.0824. The largest absolute Gasteiger partial charge is 0.356 e. The van der Waals surface area contributed by atoms with Crippen LogP contribution < -0.4 is 5.32 Å². The number of carbonyl (C=O) groups excluding carboxylic acids is 1. The highest BCUT2D eigenvalue weighted by Gasteiger charge is 2.35. The van der Waals surface area contributed by atoms with Gasteiger partial charge in [0.1, 0.15) is 0 Å². The molecule has 0 aromatic carbocycles. The van der Waals surface area contributed by atoms with Gasteiger partial charge >= 0.3 is 0 Å². The van der Waals surface area contributed by atoms with Gasteiger partial charge in [0, 0.05) is 17.8 Å². The topological polar surface area (TPSA) is 29.1 Å². The average molecular weight is 218 g/mol. The normalized spacial score (nSPS) is 19.6. The van der Waals surface area contributed by atoms with Crippen LogP contribution in [0.5, 0.6) is 0 Å². The minimum atomic E-state index is -0.0824. The number of amides is 1. The summed E-state index contributed by atoms with van der Waals surface area (Å²) in [6, 6.07) is 0. The fraction of sp³-hybridized carbons (Fsp3) is 0.909. The van der Waals surface area contributed by atoms with Gasteiger partial charge in [-0.15, -0.1) is 11.6 Å². The lowest BCUT2D eigenvalue weighted by atomic mass is 9.88. The lowest BCUT2D eigenvalue weighted by Crippen LogP contribution is -2.37. The molecule has 1 aliphatic carbocycles. The van der Waals surface area contributed by atoms with E-state index in [2.05, 4.69) is 12.2 Å². The van der Waals surface area contributed by atoms with Gasteiger partial charge in [0.2, 0.25) is 5.91 Å². The van der Waals surface area contributed by atoms with E-state index in [0.29, 0.717) is 5.88 Å². The van der Waals surface area contributed by atoms with E-state index in [0.717, 1.165) is 32.2 Å². The van der Waals surface area contributed by atoms with Crippen molar-refractivity contribution in [2.75, 3.05) is 12.4 Å². The lowest BCUT2D eigenvalue weighted by molar-refractivity contribution is -0.129. The first-order valence-corrected chi connectivity index (χ1v) is 6.07. The first-order valence-electron chi connectivity index (χ1n) is 5.53. The molecule has 3 heteroatoms. The number of unbranched alkanes of at least 4 members (excludes halogenated alkanes) is 1. The molecule has 0 aromatic heterocycles. The number of hydrogen-bond acceptors (Lipinski definition) is 1. The van der Waals surface area contributed by atoms with E-state index in [9.17, 15) is 4.79 Å². The fourth-order valence-corrected chi connectivity index (χ4v) is 2.21. The molecular formula is C11H20ClNO. The van der Waals surface area contributed by atoms with Crippen LogP contribution in [0.1, 0.15) is 45.4 Å². The van der Waals surface area contributed by atoms with Crippen molar-refractivity contribution in [2.45, 2.75) is 45.4 Å². The van der Waals surface area contributed by atoms with Crippen LogP contribution in [0.15, 0.2) is 0 Å². The fourth-order valence-electron chi connectivity index (χ4n) is 2.02. The van der Waals surface area contributed by atoms with E-state index in [-0.39, 0.29) is 11.3 Å². The van der Waals surface area contributed by atoms with Crippen molar-refractivity contribution in [3.05, 3.63) is 0 Å². The number of nitrogens with one attached hydrogen (secondary N) is 1. The molecule has 1 fully saturated rings. The van der Waals surface area contributed by atoms with E-state index < -0.39 is 0 Å². The van der Waals surface area contributed by atoms with Crippen LogP contribution in [0.4, 0.5) is 0 Å². The van der Waals surface area contributed by atoms with E-state index in [1.807, 2.05) is 0 Å². The molecule has 82 valence electrons. The zero-order valence-electron chi connectivity index (χ0n) is 8.94. The van der Waals surface area contributed by atoms with E-state index in [4.69, 9.17) is 11.6 Å². The summed E-state index contributed by atoms with van der Waals surface area (Å²) >= 11 is 5.56. The summed E-state index contributed by atoms with van der Waals surface area (Å²) < 4.78 is 0. The zero-order valence-corrected chi connectivity index (χ0v) is 9.70. The molecule has 14 heavy (non-hydrogen) atoms. The van der Waals surface area contributed by atoms with Crippen molar-refractivity contribution in [3.8, 4) is 0 Å². The minimum absolute atomic E-state index is 0.0824. The molecule has 0 spiro atoms. The Bertz CT molecular complexity index is 188. The van der Waals surface area contributed by atoms with Crippen molar-refractivity contribution in [3.63, 3.8) is 0 Å². The summed E-state index contributed by atoms with van der Waals surface area (Å²) in [7, 11) is 0. The second kappa shape index (κ2) is 5.59. The highest BCUT2D eigenvalue weighted by atomic mass is 35.5. The molecule has 1 amide bonds. The third-order valence-electron chi connectivity index (χ3n) is 3.10. The maximum Gasteiger partial charge on any atom is 0.225 e. The number of rotatable bonds is 5. The molecule has 1 rings (SSSR count). The maximum atomic E-state index is 11.8. The Labute approximate surface area is 91.4 Å². The first kappa shape index (κ1) is 11.8. The summed E-state index contributed by atoms with van der Waals surface area (Å²) in [5.74, 6) is 0.928. The predicted molar refractivity (Wildman–Crippen MR) is 59.5 cm³/mol. The van der Waals surface area contributed by atoms with Crippen LogP contribution in [0.3, 0.4) is 0 Å². The summed E-state index contributed by atoms with van der Waals surface area (Å²) in [6.45, 7) is 2.86. The number of halogens is 1. The molecule has 1 saturated carbocycles. The Morgan fingerprint density at radius 1 is 1.36 bits per heavy atom. The van der Waals surface area contributed by atoms with Gasteiger partial charge < -0.3 is 5.32 Å². The van der Waals surface area contributed by atoms with Crippen molar-refractivity contribution >= 4 is 17.5 Å². The summed E-state index contributed by atoms with van der Waals surface area (Å²) in [4.78, 5) is 11.8. The maximum absolute atomic E-state index is 11.8. The zero-order chi connectivity index (χ0) is 10.4. The smallest absolute Gasteiger partial charge is 0.225 e. The van der Waals surface area contributed by atoms with Crippen molar-refractivity contribution in [1.29, 1.82) is 0 Å². The highest BCUT2D eigenvalue weighted by Crippen LogP contribution is 2.37. The van der Waals surface area contributed by atoms with Crippen LogP contribution >= 0.6 is 11.6 Å². The Kier molecular flexibility index (Phi) is 4.73. The molecule has 0 bridgehead atoms. The van der Waals surface area contributed by atoms with Gasteiger partial charge in [0.25, 0.3) is 0 Å². The van der Waals surface area contributed by atoms with Crippen molar-refractivity contribution in [1.82, 2.24) is 5.32 Å². The van der Waals surface area contributed by atoms with E-state index in [1.165, 1.54) is 12.8 Å². The molecule has 0 radical (unpaired) electrons. The van der Waals surface area contributed by atoms with Gasteiger partial charge in [-0.3, -0.25) is 4.79 Å². The van der Waals surface area contributed by atoms with E-state index >= 15 is 0 Å². The molecule has 0 unspecified atom stereocenters. The highest BCUT2D eigenvalue weighted by molar-refractivity contribution is 6.17. The van der Waals surface area contributed by atoms with Crippen molar-refractivity contribution in [2.24, 2.45) is 5.41 Å². The second-order valence-corrected chi connectivity index (χ2v) is 4.80. The van der Waals surface area contributed by atoms with Crippen LogP contribution in [-0.2, 0) is 4.79 Å². The molecule has 0 atom stereocenters. The van der Waals surface area contributed by atoms with Crippen LogP contribution in [0.25, 0.3) is 0 Å². The predicted octanol–water partition coefficient (Wildman–Crippen LogP) is 2.70. The molecule has 0 heterocycles. The van der Waals surface area contributed by atoms with Crippen LogP contribution in [0.2, 0.25) is 0 Å². The van der Waals surface area contributed by atoms with Gasteiger partial charge in [-0.05, 0) is 25.7 Å². The van der Waals surface area contributed by atoms with Crippen molar-refractivity contribution < 1.29 is 4.79 Å². The Balaban J connectivity index is 2.20. The summed E-state index contributed by atoms with van der Waals surface area (Å²) in [5, 5.41) is 3.00. The average Bonchev–Trinajstić information content (AvgIpc) is 2.61. The van der Waals surface area contributed by atoms with Gasteiger partial charge in [0.15, 0.2) is 0 Å². The molecule has 2 nitrogen and oxygen atoms in total. The molecular weight excluding hydrogens is 198 g/mol. The Hall–Kier alpha value is -0.240. The summed E-state index contributed by atoms with van der Waals surface area (Å²) in [6.07, 6.45) is 6.48. The monoisotopic (exact) mass is 217 g/mol. The molecule has 0 aliphatic heterocycles. The lowest BCUT2D eigenvalue weighted by Gasteiger charge is -2.22. The van der Waals surface area contributed by atoms with Gasteiger partial charge in [0.05, 0.1) is 0 Å². The third kappa shape index (κ3) is 3.16. The minimum Gasteiger partial charge on any atom is -0.356 e. The third-order valence-corrected chi connectivity index (χ3v) is 3.37. The second-order valence-electron chi connectivity index (χ2n) is 4.42. The molecule has 0 saturated heterocycles. The van der Waals surface area contributed by atoms with Gasteiger partial charge in [-0.2, -0.15) is 0 Å². The molecule has 1 N–H and O–H groups in total. The molecule has 0 aromatic rings. The van der Waals surface area contributed by atoms with Crippen LogP contribution in [0, 0.1) is 5.41 Å². The van der Waals surface area contributed by atoms with Gasteiger partial charge in [-0.25, -0.2) is 0 Å². The SMILES string of the molecule is CC1(C(=O)NCCCCCl)CCCC1. The van der Waals surface area contributed by atoms with E-state index in [1.54, 1.807) is 0 Å². The van der Waals surface area contributed by atoms with Gasteiger partial charge in [-0.1, -0.05) is 19.8 Å². The number of carbonyl (C=O) groups is 1. The first-order chi connectivity index (χ1) is 6.69. The Morgan fingerprint density at radius 2 is 2.00 bits per heavy atom. The standard InChI is InChI=1S/C11H20ClNO/c1-11(6-2-3-7-11)10(14)13-9-5-4-8-12/h2-9H2,1H3,(H,13,14). The number of alkyl halides is 1. The number of hydrogen-bond donors (Lipinski definition) is 1. The molecule has 1 aliphatic rings. The Morgan fingerprint density at radius 3 is 2.57 bits per heavy atom.